The fourth-order valence-electron chi connectivity index (χ4n) is 1.95. The Morgan fingerprint density at radius 3 is 2.55 bits per heavy atom. The number of hydrogen-bond acceptors (Lipinski definition) is 4. The number of benzene rings is 1. The number of nitrogens with one attached hydrogen (secondary N) is 1. The molecule has 0 atom stereocenters. The summed E-state index contributed by atoms with van der Waals surface area (Å²) in [7, 11) is 1.50. The second kappa shape index (κ2) is 5.65. The Balaban J connectivity index is 1.76. The van der Waals surface area contributed by atoms with Gasteiger partial charge in [-0.25, -0.2) is 9.67 Å². The number of carbonyl (C=O) groups excluding carboxylic acids is 1. The SMILES string of the molecule is Cn1nc(C(=O)Nc2ccc(-n3ccnc3)cc2)ccc1=O. The van der Waals surface area contributed by atoms with Gasteiger partial charge in [0.1, 0.15) is 5.69 Å². The van der Waals surface area contributed by atoms with Crippen molar-refractivity contribution < 1.29 is 4.79 Å². The molecule has 0 fully saturated rings. The van der Waals surface area contributed by atoms with Gasteiger partial charge in [0.05, 0.1) is 6.33 Å². The van der Waals surface area contributed by atoms with Gasteiger partial charge in [0.25, 0.3) is 11.5 Å². The smallest absolute Gasteiger partial charge is 0.276 e. The summed E-state index contributed by atoms with van der Waals surface area (Å²) in [5.74, 6) is -0.369. The van der Waals surface area contributed by atoms with Gasteiger partial charge in [-0.2, -0.15) is 5.10 Å². The number of aromatic nitrogens is 4. The van der Waals surface area contributed by atoms with Crippen LogP contribution >= 0.6 is 0 Å². The molecule has 0 spiro atoms. The van der Waals surface area contributed by atoms with Gasteiger partial charge in [-0.1, -0.05) is 0 Å². The largest absolute Gasteiger partial charge is 0.321 e. The molecule has 1 aromatic carbocycles. The quantitative estimate of drug-likeness (QED) is 0.787. The first-order valence-electron chi connectivity index (χ1n) is 6.57. The third-order valence-electron chi connectivity index (χ3n) is 3.12. The van der Waals surface area contributed by atoms with Crippen LogP contribution in [0.15, 0.2) is 59.9 Å². The van der Waals surface area contributed by atoms with Crippen LogP contribution in [0.3, 0.4) is 0 Å². The molecule has 0 aliphatic heterocycles. The van der Waals surface area contributed by atoms with Crippen molar-refractivity contribution in [2.24, 2.45) is 7.05 Å². The first-order valence-corrected chi connectivity index (χ1v) is 6.57. The molecule has 7 nitrogen and oxygen atoms in total. The van der Waals surface area contributed by atoms with Gasteiger partial charge in [0, 0.05) is 36.9 Å². The highest BCUT2D eigenvalue weighted by Crippen LogP contribution is 2.13. The highest BCUT2D eigenvalue weighted by Gasteiger charge is 2.09. The Labute approximate surface area is 125 Å². The number of aryl methyl sites for hydroxylation is 1. The topological polar surface area (TPSA) is 81.8 Å². The van der Waals surface area contributed by atoms with Crippen molar-refractivity contribution in [3.63, 3.8) is 0 Å². The number of hydrogen-bond donors (Lipinski definition) is 1. The number of carbonyl (C=O) groups is 1. The highest BCUT2D eigenvalue weighted by molar-refractivity contribution is 6.02. The van der Waals surface area contributed by atoms with Gasteiger partial charge >= 0.3 is 0 Å². The lowest BCUT2D eigenvalue weighted by molar-refractivity contribution is 0.102. The number of amides is 1. The fraction of sp³-hybridized carbons (Fsp3) is 0.0667. The summed E-state index contributed by atoms with van der Waals surface area (Å²) in [5, 5.41) is 6.64. The van der Waals surface area contributed by atoms with Crippen LogP contribution in [0.4, 0.5) is 5.69 Å². The first-order chi connectivity index (χ1) is 10.6. The molecule has 0 radical (unpaired) electrons. The van der Waals surface area contributed by atoms with Crippen molar-refractivity contribution in [2.75, 3.05) is 5.32 Å². The van der Waals surface area contributed by atoms with Crippen LogP contribution in [-0.2, 0) is 7.05 Å². The first kappa shape index (κ1) is 13.7. The summed E-state index contributed by atoms with van der Waals surface area (Å²) in [5.41, 5.74) is 1.50. The van der Waals surface area contributed by atoms with E-state index in [1.54, 1.807) is 24.7 Å². The lowest BCUT2D eigenvalue weighted by Gasteiger charge is -2.07. The molecule has 1 N–H and O–H groups in total. The minimum atomic E-state index is -0.369. The van der Waals surface area contributed by atoms with Crippen LogP contribution < -0.4 is 10.9 Å². The van der Waals surface area contributed by atoms with Crippen LogP contribution in [-0.4, -0.2) is 25.2 Å². The molecule has 0 aliphatic carbocycles. The van der Waals surface area contributed by atoms with E-state index >= 15 is 0 Å². The Bertz CT molecular complexity index is 850. The van der Waals surface area contributed by atoms with Gasteiger partial charge in [-0.3, -0.25) is 9.59 Å². The Morgan fingerprint density at radius 2 is 1.91 bits per heavy atom. The molecule has 0 saturated heterocycles. The van der Waals surface area contributed by atoms with Crippen LogP contribution in [0.25, 0.3) is 5.69 Å². The summed E-state index contributed by atoms with van der Waals surface area (Å²) in [6, 6.07) is 10.0. The van der Waals surface area contributed by atoms with Crippen molar-refractivity contribution in [3.05, 3.63) is 71.2 Å². The van der Waals surface area contributed by atoms with Gasteiger partial charge in [0.15, 0.2) is 0 Å². The molecule has 7 heteroatoms. The molecule has 0 aliphatic rings. The molecule has 3 rings (SSSR count). The maximum atomic E-state index is 12.1. The lowest BCUT2D eigenvalue weighted by atomic mass is 10.2. The Kier molecular flexibility index (Phi) is 3.53. The summed E-state index contributed by atoms with van der Waals surface area (Å²) in [6.45, 7) is 0. The van der Waals surface area contributed by atoms with E-state index in [0.29, 0.717) is 5.69 Å². The van der Waals surface area contributed by atoms with Gasteiger partial charge in [-0.15, -0.1) is 0 Å². The average molecular weight is 295 g/mol. The molecular formula is C15H13N5O2. The van der Waals surface area contributed by atoms with Gasteiger partial charge < -0.3 is 9.88 Å². The summed E-state index contributed by atoms with van der Waals surface area (Å²) in [4.78, 5) is 27.3. The van der Waals surface area contributed by atoms with Crippen LogP contribution in [0.1, 0.15) is 10.5 Å². The zero-order valence-electron chi connectivity index (χ0n) is 11.8. The van der Waals surface area contributed by atoms with E-state index in [0.717, 1.165) is 10.4 Å². The molecule has 2 aromatic heterocycles. The zero-order chi connectivity index (χ0) is 15.5. The summed E-state index contributed by atoms with van der Waals surface area (Å²) >= 11 is 0. The summed E-state index contributed by atoms with van der Waals surface area (Å²) in [6.07, 6.45) is 5.23. The third-order valence-corrected chi connectivity index (χ3v) is 3.12. The standard InChI is InChI=1S/C15H13N5O2/c1-19-14(21)7-6-13(18-19)15(22)17-11-2-4-12(5-3-11)20-9-8-16-10-20/h2-10H,1H3,(H,17,22). The fourth-order valence-corrected chi connectivity index (χ4v) is 1.95. The maximum Gasteiger partial charge on any atom is 0.276 e. The maximum absolute atomic E-state index is 12.1. The number of rotatable bonds is 3. The Morgan fingerprint density at radius 1 is 1.14 bits per heavy atom. The van der Waals surface area contributed by atoms with Crippen molar-refractivity contribution >= 4 is 11.6 Å². The lowest BCUT2D eigenvalue weighted by Crippen LogP contribution is -2.23. The predicted molar refractivity (Wildman–Crippen MR) is 81.0 cm³/mol. The van der Waals surface area contributed by atoms with E-state index in [1.807, 2.05) is 22.9 Å². The van der Waals surface area contributed by atoms with Crippen LogP contribution in [0, 0.1) is 0 Å². The molecule has 110 valence electrons. The second-order valence-electron chi connectivity index (χ2n) is 4.65. The minimum Gasteiger partial charge on any atom is -0.321 e. The average Bonchev–Trinajstić information content (AvgIpc) is 3.05. The normalized spacial score (nSPS) is 10.4. The molecule has 0 unspecified atom stereocenters. The van der Waals surface area contributed by atoms with Crippen molar-refractivity contribution in [3.8, 4) is 5.69 Å². The molecular weight excluding hydrogens is 282 g/mol. The minimum absolute atomic E-state index is 0.181. The van der Waals surface area contributed by atoms with E-state index in [2.05, 4.69) is 15.4 Å². The molecule has 2 heterocycles. The van der Waals surface area contributed by atoms with E-state index < -0.39 is 0 Å². The van der Waals surface area contributed by atoms with Crippen LogP contribution in [0.2, 0.25) is 0 Å². The molecule has 22 heavy (non-hydrogen) atoms. The number of imidazole rings is 1. The monoisotopic (exact) mass is 295 g/mol. The molecule has 3 aromatic rings. The summed E-state index contributed by atoms with van der Waals surface area (Å²) < 4.78 is 2.98. The number of anilines is 1. The molecule has 1 amide bonds. The van der Waals surface area contributed by atoms with E-state index in [1.165, 1.54) is 19.2 Å². The van der Waals surface area contributed by atoms with Gasteiger partial charge in [-0.05, 0) is 30.3 Å². The van der Waals surface area contributed by atoms with E-state index in [-0.39, 0.29) is 17.2 Å². The van der Waals surface area contributed by atoms with E-state index in [9.17, 15) is 9.59 Å². The van der Waals surface area contributed by atoms with E-state index in [4.69, 9.17) is 0 Å². The van der Waals surface area contributed by atoms with Crippen molar-refractivity contribution in [1.82, 2.24) is 19.3 Å². The number of nitrogens with zero attached hydrogens (tertiary/aromatic N) is 4. The molecule has 0 bridgehead atoms. The van der Waals surface area contributed by atoms with Crippen LogP contribution in [0.5, 0.6) is 0 Å². The zero-order valence-corrected chi connectivity index (χ0v) is 11.8. The van der Waals surface area contributed by atoms with Crippen molar-refractivity contribution in [2.45, 2.75) is 0 Å². The highest BCUT2D eigenvalue weighted by atomic mass is 16.2. The predicted octanol–water partition coefficient (Wildman–Crippen LogP) is 1.22. The third kappa shape index (κ3) is 2.78. The van der Waals surface area contributed by atoms with Gasteiger partial charge in [0.2, 0.25) is 0 Å². The molecule has 0 saturated carbocycles. The Hall–Kier alpha value is -3.22. The second-order valence-corrected chi connectivity index (χ2v) is 4.65. The van der Waals surface area contributed by atoms with Crippen molar-refractivity contribution in [1.29, 1.82) is 0 Å².